The first kappa shape index (κ1) is 25.3. The molecule has 0 bridgehead atoms. The Morgan fingerprint density at radius 1 is 1.13 bits per heavy atom. The summed E-state index contributed by atoms with van der Waals surface area (Å²) in [6.45, 7) is 5.73. The second kappa shape index (κ2) is 9.96. The van der Waals surface area contributed by atoms with E-state index in [1.54, 1.807) is 23.5 Å². The minimum Gasteiger partial charge on any atom is -0.482 e. The van der Waals surface area contributed by atoms with Gasteiger partial charge in [0.15, 0.2) is 6.61 Å². The summed E-state index contributed by atoms with van der Waals surface area (Å²) >= 11 is 1.62. The van der Waals surface area contributed by atoms with Gasteiger partial charge in [-0.2, -0.15) is 0 Å². The Morgan fingerprint density at radius 2 is 2.00 bits per heavy atom. The molecule has 0 aromatic carbocycles. The third kappa shape index (κ3) is 4.47. The maximum atomic E-state index is 13.7. The maximum absolute atomic E-state index is 13.7. The Hall–Kier alpha value is -2.99. The van der Waals surface area contributed by atoms with E-state index >= 15 is 0 Å². The van der Waals surface area contributed by atoms with Crippen molar-refractivity contribution in [1.82, 2.24) is 24.4 Å². The van der Waals surface area contributed by atoms with Crippen molar-refractivity contribution in [1.29, 1.82) is 0 Å². The fraction of sp³-hybridized carbons (Fsp3) is 0.538. The fourth-order valence-electron chi connectivity index (χ4n) is 5.74. The van der Waals surface area contributed by atoms with Crippen LogP contribution in [0.2, 0.25) is 0 Å². The molecule has 6 heterocycles. The molecule has 6 rings (SSSR count). The topological polar surface area (TPSA) is 111 Å². The highest BCUT2D eigenvalue weighted by Gasteiger charge is 2.38. The number of carbonyl (C=O) groups is 1. The van der Waals surface area contributed by atoms with Crippen molar-refractivity contribution >= 4 is 33.1 Å². The zero-order chi connectivity index (χ0) is 26.4. The number of amides is 1. The van der Waals surface area contributed by atoms with Crippen LogP contribution in [-0.2, 0) is 40.6 Å². The lowest BCUT2D eigenvalue weighted by Crippen LogP contribution is -2.43. The van der Waals surface area contributed by atoms with E-state index in [0.29, 0.717) is 43.2 Å². The highest BCUT2D eigenvalue weighted by atomic mass is 32.2. The molecule has 0 saturated carbocycles. The monoisotopic (exact) mass is 556 g/mol. The summed E-state index contributed by atoms with van der Waals surface area (Å²) in [5.74, 6) is 2.07. The van der Waals surface area contributed by atoms with Gasteiger partial charge in [0.1, 0.15) is 23.4 Å². The van der Waals surface area contributed by atoms with Gasteiger partial charge in [0.05, 0.1) is 32.7 Å². The smallest absolute Gasteiger partial charge is 0.261 e. The second-order valence-corrected chi connectivity index (χ2v) is 13.3. The van der Waals surface area contributed by atoms with E-state index in [2.05, 4.69) is 14.5 Å². The van der Waals surface area contributed by atoms with E-state index in [0.717, 1.165) is 59.3 Å². The van der Waals surface area contributed by atoms with Gasteiger partial charge in [-0.3, -0.25) is 9.10 Å². The number of aryl methyl sites for hydroxylation is 3. The molecule has 0 N–H and O–H groups in total. The lowest BCUT2D eigenvalue weighted by molar-refractivity contribution is -0.135. The van der Waals surface area contributed by atoms with Crippen molar-refractivity contribution in [2.75, 3.05) is 29.8 Å². The van der Waals surface area contributed by atoms with Gasteiger partial charge in [-0.25, -0.2) is 23.4 Å². The van der Waals surface area contributed by atoms with E-state index in [9.17, 15) is 13.2 Å². The van der Waals surface area contributed by atoms with Gasteiger partial charge < -0.3 is 14.2 Å². The number of rotatable bonds is 6. The summed E-state index contributed by atoms with van der Waals surface area (Å²) in [7, 11) is -3.32. The predicted octanol–water partition coefficient (Wildman–Crippen LogP) is 3.03. The Kier molecular flexibility index (Phi) is 6.63. The Balaban J connectivity index is 1.25. The van der Waals surface area contributed by atoms with E-state index in [1.807, 2.05) is 24.9 Å². The van der Waals surface area contributed by atoms with Gasteiger partial charge in [-0.15, -0.1) is 11.3 Å². The molecule has 10 nitrogen and oxygen atoms in total. The van der Waals surface area contributed by atoms with Gasteiger partial charge in [0.25, 0.3) is 5.91 Å². The third-order valence-electron chi connectivity index (χ3n) is 7.54. The number of carbonyl (C=O) groups excluding carboxylic acids is 1. The third-order valence-corrected chi connectivity index (χ3v) is 10.4. The summed E-state index contributed by atoms with van der Waals surface area (Å²) in [5, 5.41) is 0.966. The van der Waals surface area contributed by atoms with Crippen LogP contribution in [0, 0.1) is 6.92 Å². The van der Waals surface area contributed by atoms with E-state index in [-0.39, 0.29) is 24.3 Å². The van der Waals surface area contributed by atoms with Crippen molar-refractivity contribution in [2.24, 2.45) is 0 Å². The number of hydrogen-bond acceptors (Lipinski definition) is 8. The van der Waals surface area contributed by atoms with Crippen LogP contribution < -0.4 is 9.04 Å². The molecule has 3 aromatic heterocycles. The van der Waals surface area contributed by atoms with Crippen LogP contribution in [-0.4, -0.2) is 64.2 Å². The standard InChI is InChI=1S/C26H32N6O4S2/c1-3-18-20(8-9-23(28-18)32-12-6-14-38(32,34)35)36-16-24(33)31-13-10-19-25(26(31)21-15-27-17(2)37-21)30-11-5-4-7-22(30)29-19/h8-9,15,26H,3-7,10-14,16H2,1-2H3. The van der Waals surface area contributed by atoms with Gasteiger partial charge >= 0.3 is 0 Å². The van der Waals surface area contributed by atoms with Gasteiger partial charge in [0, 0.05) is 38.7 Å². The lowest BCUT2D eigenvalue weighted by atomic mass is 10.0. The number of fused-ring (bicyclic) bond motifs is 3. The molecule has 1 saturated heterocycles. The number of nitrogens with zero attached hydrogens (tertiary/aromatic N) is 6. The van der Waals surface area contributed by atoms with Gasteiger partial charge in [-0.05, 0) is 44.7 Å². The van der Waals surface area contributed by atoms with Crippen LogP contribution in [0.15, 0.2) is 18.3 Å². The van der Waals surface area contributed by atoms with Crippen molar-refractivity contribution in [3.8, 4) is 5.75 Å². The number of ether oxygens (including phenoxy) is 1. The van der Waals surface area contributed by atoms with Crippen LogP contribution in [0.25, 0.3) is 0 Å². The van der Waals surface area contributed by atoms with E-state index in [1.165, 1.54) is 4.31 Å². The summed E-state index contributed by atoms with van der Waals surface area (Å²) < 4.78 is 34.4. The average Bonchev–Trinajstić information content (AvgIpc) is 3.62. The number of anilines is 1. The van der Waals surface area contributed by atoms with Crippen molar-refractivity contribution in [3.63, 3.8) is 0 Å². The molecule has 1 unspecified atom stereocenters. The number of aromatic nitrogens is 4. The minimum atomic E-state index is -3.32. The van der Waals surface area contributed by atoms with E-state index in [4.69, 9.17) is 9.72 Å². The fourth-order valence-corrected chi connectivity index (χ4v) is 8.15. The SMILES string of the molecule is CCc1nc(N2CCCS2(=O)=O)ccc1OCC(=O)N1CCc2nc3n(c2C1c1cnc(C)s1)CCCC3. The zero-order valence-corrected chi connectivity index (χ0v) is 23.4. The molecule has 12 heteroatoms. The first-order valence-corrected chi connectivity index (χ1v) is 15.7. The summed E-state index contributed by atoms with van der Waals surface area (Å²) in [4.78, 5) is 30.6. The highest BCUT2D eigenvalue weighted by Crippen LogP contribution is 2.39. The molecular formula is C26H32N6O4S2. The largest absolute Gasteiger partial charge is 0.482 e. The molecule has 1 amide bonds. The molecule has 3 aliphatic rings. The van der Waals surface area contributed by atoms with Crippen LogP contribution >= 0.6 is 11.3 Å². The summed E-state index contributed by atoms with van der Waals surface area (Å²) in [6.07, 6.45) is 6.99. The normalized spacial score (nSPS) is 20.3. The molecule has 3 aromatic rings. The van der Waals surface area contributed by atoms with Crippen LogP contribution in [0.3, 0.4) is 0 Å². The average molecular weight is 557 g/mol. The molecule has 1 fully saturated rings. The summed E-state index contributed by atoms with van der Waals surface area (Å²) in [5.41, 5.74) is 2.85. The molecular weight excluding hydrogens is 524 g/mol. The maximum Gasteiger partial charge on any atom is 0.261 e. The van der Waals surface area contributed by atoms with Gasteiger partial charge in [0.2, 0.25) is 10.0 Å². The molecule has 202 valence electrons. The van der Waals surface area contributed by atoms with Crippen LogP contribution in [0.5, 0.6) is 5.75 Å². The first-order valence-electron chi connectivity index (χ1n) is 13.3. The zero-order valence-electron chi connectivity index (χ0n) is 21.7. The van der Waals surface area contributed by atoms with Crippen LogP contribution in [0.1, 0.15) is 65.0 Å². The Bertz CT molecular complexity index is 1480. The molecule has 38 heavy (non-hydrogen) atoms. The number of thiazole rings is 1. The van der Waals surface area contributed by atoms with Gasteiger partial charge in [-0.1, -0.05) is 6.92 Å². The molecule has 1 atom stereocenters. The quantitative estimate of drug-likeness (QED) is 0.459. The van der Waals surface area contributed by atoms with E-state index < -0.39 is 10.0 Å². The van der Waals surface area contributed by atoms with Crippen LogP contribution in [0.4, 0.5) is 5.82 Å². The molecule has 0 spiro atoms. The molecule has 0 radical (unpaired) electrons. The minimum absolute atomic E-state index is 0.105. The summed E-state index contributed by atoms with van der Waals surface area (Å²) in [6, 6.07) is 3.16. The van der Waals surface area contributed by atoms with Crippen molar-refractivity contribution in [3.05, 3.63) is 51.1 Å². The number of hydrogen-bond donors (Lipinski definition) is 0. The number of imidazole rings is 1. The Morgan fingerprint density at radius 3 is 2.74 bits per heavy atom. The molecule has 3 aliphatic heterocycles. The molecule has 0 aliphatic carbocycles. The predicted molar refractivity (Wildman–Crippen MR) is 144 cm³/mol. The first-order chi connectivity index (χ1) is 18.4. The van der Waals surface area contributed by atoms with Crippen molar-refractivity contribution in [2.45, 2.75) is 65.0 Å². The second-order valence-electron chi connectivity index (χ2n) is 9.99. The number of sulfonamides is 1. The van der Waals surface area contributed by atoms with Crippen molar-refractivity contribution < 1.29 is 17.9 Å². The Labute approximate surface area is 226 Å². The number of pyridine rings is 1. The lowest BCUT2D eigenvalue weighted by Gasteiger charge is -2.36. The highest BCUT2D eigenvalue weighted by molar-refractivity contribution is 7.93.